The molecule has 4 N–H and O–H groups in total. The number of ether oxygens (including phenoxy) is 1. The summed E-state index contributed by atoms with van der Waals surface area (Å²) < 4.78 is 28.2. The van der Waals surface area contributed by atoms with Gasteiger partial charge in [-0.05, 0) is 43.5 Å². The minimum Gasteiger partial charge on any atom is -0.480 e. The maximum atomic E-state index is 11.4. The molecule has 0 heterocycles. The van der Waals surface area contributed by atoms with Crippen LogP contribution in [0.3, 0.4) is 0 Å². The van der Waals surface area contributed by atoms with E-state index in [1.54, 1.807) is 20.8 Å². The highest BCUT2D eigenvalue weighted by atomic mass is 32.2. The monoisotopic (exact) mass is 286 g/mol. The van der Waals surface area contributed by atoms with E-state index in [1.165, 1.54) is 12.1 Å². The van der Waals surface area contributed by atoms with E-state index in [0.717, 1.165) is 0 Å². The van der Waals surface area contributed by atoms with Crippen LogP contribution < -0.4 is 15.6 Å². The van der Waals surface area contributed by atoms with Crippen molar-refractivity contribution >= 4 is 15.9 Å². The molecule has 19 heavy (non-hydrogen) atoms. The summed E-state index contributed by atoms with van der Waals surface area (Å²) in [6.45, 7) is 5.11. The van der Waals surface area contributed by atoms with E-state index in [0.29, 0.717) is 23.3 Å². The lowest BCUT2D eigenvalue weighted by atomic mass is 10.1. The Kier molecular flexibility index (Phi) is 4.54. The van der Waals surface area contributed by atoms with Gasteiger partial charge in [0.1, 0.15) is 5.75 Å². The summed E-state index contributed by atoms with van der Waals surface area (Å²) in [5, 5.41) is 5.11. The molecule has 1 amide bonds. The van der Waals surface area contributed by atoms with Crippen molar-refractivity contribution < 1.29 is 17.9 Å². The number of carbonyl (C=O) groups excluding carboxylic acids is 1. The second-order valence-corrected chi connectivity index (χ2v) is 5.80. The summed E-state index contributed by atoms with van der Waals surface area (Å²) in [4.78, 5) is 11.2. The first-order chi connectivity index (χ1) is 8.68. The van der Waals surface area contributed by atoms with Gasteiger partial charge in [-0.2, -0.15) is 0 Å². The van der Waals surface area contributed by atoms with Crippen LogP contribution in [0.1, 0.15) is 24.5 Å². The van der Waals surface area contributed by atoms with Crippen LogP contribution in [0.5, 0.6) is 5.75 Å². The van der Waals surface area contributed by atoms with Gasteiger partial charge < -0.3 is 10.5 Å². The fourth-order valence-electron chi connectivity index (χ4n) is 1.70. The molecule has 1 aromatic carbocycles. The molecule has 1 unspecified atom stereocenters. The number of carbonyl (C=O) groups is 1. The van der Waals surface area contributed by atoms with E-state index < -0.39 is 22.0 Å². The van der Waals surface area contributed by atoms with Crippen LogP contribution in [-0.2, 0) is 14.8 Å². The maximum absolute atomic E-state index is 11.4. The lowest BCUT2D eigenvalue weighted by Gasteiger charge is -2.18. The fraction of sp³-hybridized carbons (Fsp3) is 0.417. The van der Waals surface area contributed by atoms with Crippen molar-refractivity contribution in [2.45, 2.75) is 38.2 Å². The molecule has 106 valence electrons. The van der Waals surface area contributed by atoms with Gasteiger partial charge in [-0.3, -0.25) is 4.79 Å². The average Bonchev–Trinajstić information content (AvgIpc) is 2.28. The van der Waals surface area contributed by atoms with E-state index in [4.69, 9.17) is 15.6 Å². The summed E-state index contributed by atoms with van der Waals surface area (Å²) in [7, 11) is -3.77. The minimum absolute atomic E-state index is 0.0458. The highest BCUT2D eigenvalue weighted by Crippen LogP contribution is 2.27. The van der Waals surface area contributed by atoms with Gasteiger partial charge in [0.05, 0.1) is 4.90 Å². The Bertz CT molecular complexity index is 596. The summed E-state index contributed by atoms with van der Waals surface area (Å²) in [5.74, 6) is -0.134. The van der Waals surface area contributed by atoms with Gasteiger partial charge >= 0.3 is 0 Å². The van der Waals surface area contributed by atoms with Crippen molar-refractivity contribution in [1.29, 1.82) is 0 Å². The van der Waals surface area contributed by atoms with Crippen molar-refractivity contribution in [3.05, 3.63) is 23.3 Å². The highest BCUT2D eigenvalue weighted by molar-refractivity contribution is 7.89. The Balaban J connectivity index is 3.21. The minimum atomic E-state index is -3.77. The molecule has 1 atom stereocenters. The molecule has 0 radical (unpaired) electrons. The topological polar surface area (TPSA) is 112 Å². The van der Waals surface area contributed by atoms with E-state index in [2.05, 4.69) is 0 Å². The molecular formula is C12H18N2O4S. The molecule has 0 fully saturated rings. The summed E-state index contributed by atoms with van der Waals surface area (Å²) in [6.07, 6.45) is -0.302. The Labute approximate surface area is 112 Å². The van der Waals surface area contributed by atoms with Crippen molar-refractivity contribution in [3.63, 3.8) is 0 Å². The summed E-state index contributed by atoms with van der Waals surface area (Å²) in [5.41, 5.74) is 6.32. The fourth-order valence-corrected chi connectivity index (χ4v) is 2.54. The van der Waals surface area contributed by atoms with Gasteiger partial charge in [0.15, 0.2) is 6.10 Å². The number of sulfonamides is 1. The summed E-state index contributed by atoms with van der Waals surface area (Å²) >= 11 is 0. The Morgan fingerprint density at radius 3 is 2.32 bits per heavy atom. The molecule has 0 spiro atoms. The van der Waals surface area contributed by atoms with Crippen molar-refractivity contribution in [2.75, 3.05) is 0 Å². The van der Waals surface area contributed by atoms with Crippen LogP contribution in [-0.4, -0.2) is 20.4 Å². The van der Waals surface area contributed by atoms with Crippen LogP contribution >= 0.6 is 0 Å². The number of hydrogen-bond donors (Lipinski definition) is 2. The molecule has 0 aliphatic heterocycles. The quantitative estimate of drug-likeness (QED) is 0.824. The first-order valence-corrected chi connectivity index (χ1v) is 7.32. The van der Waals surface area contributed by atoms with Crippen molar-refractivity contribution in [2.24, 2.45) is 10.9 Å². The number of rotatable bonds is 5. The van der Waals surface area contributed by atoms with Gasteiger partial charge in [-0.25, -0.2) is 13.6 Å². The normalized spacial score (nSPS) is 13.1. The first kappa shape index (κ1) is 15.5. The molecule has 1 rings (SSSR count). The molecule has 1 aromatic rings. The van der Waals surface area contributed by atoms with E-state index in [1.807, 2.05) is 0 Å². The predicted octanol–water partition coefficient (Wildman–Crippen LogP) is 0.594. The van der Waals surface area contributed by atoms with Crippen LogP contribution in [0.25, 0.3) is 0 Å². The van der Waals surface area contributed by atoms with Crippen LogP contribution in [0.2, 0.25) is 0 Å². The zero-order chi connectivity index (χ0) is 14.8. The zero-order valence-corrected chi connectivity index (χ0v) is 12.0. The third kappa shape index (κ3) is 3.45. The molecular weight excluding hydrogens is 268 g/mol. The lowest BCUT2D eigenvalue weighted by molar-refractivity contribution is -0.124. The van der Waals surface area contributed by atoms with Gasteiger partial charge in [0.2, 0.25) is 10.0 Å². The second kappa shape index (κ2) is 5.58. The molecule has 0 aromatic heterocycles. The highest BCUT2D eigenvalue weighted by Gasteiger charge is 2.19. The maximum Gasteiger partial charge on any atom is 0.258 e. The van der Waals surface area contributed by atoms with Crippen molar-refractivity contribution in [1.82, 2.24) is 0 Å². The summed E-state index contributed by atoms with van der Waals surface area (Å²) in [6, 6.07) is 2.84. The molecule has 6 nitrogen and oxygen atoms in total. The number of benzene rings is 1. The van der Waals surface area contributed by atoms with E-state index in [9.17, 15) is 13.2 Å². The zero-order valence-electron chi connectivity index (χ0n) is 11.1. The third-order valence-electron chi connectivity index (χ3n) is 2.95. The third-order valence-corrected chi connectivity index (χ3v) is 4.01. The Hall–Kier alpha value is -1.60. The number of primary amides is 1. The molecule has 0 saturated carbocycles. The van der Waals surface area contributed by atoms with E-state index in [-0.39, 0.29) is 4.90 Å². The first-order valence-electron chi connectivity index (χ1n) is 5.77. The van der Waals surface area contributed by atoms with Crippen LogP contribution in [0.15, 0.2) is 17.0 Å². The Morgan fingerprint density at radius 1 is 1.32 bits per heavy atom. The van der Waals surface area contributed by atoms with E-state index >= 15 is 0 Å². The largest absolute Gasteiger partial charge is 0.480 e. The van der Waals surface area contributed by atoms with Crippen LogP contribution in [0.4, 0.5) is 0 Å². The van der Waals surface area contributed by atoms with Gasteiger partial charge in [0.25, 0.3) is 5.91 Å². The number of hydrogen-bond acceptors (Lipinski definition) is 4. The van der Waals surface area contributed by atoms with Gasteiger partial charge in [-0.1, -0.05) is 6.92 Å². The molecule has 7 heteroatoms. The lowest BCUT2D eigenvalue weighted by Crippen LogP contribution is -2.33. The van der Waals surface area contributed by atoms with Gasteiger partial charge in [-0.15, -0.1) is 0 Å². The predicted molar refractivity (Wildman–Crippen MR) is 71.2 cm³/mol. The standard InChI is InChI=1S/C12H18N2O4S/c1-4-9(12(13)15)18-10-5-6-11(19(14,16)17)8(3)7(10)2/h5-6,9H,4H2,1-3H3,(H2,13,15)(H2,14,16,17). The average molecular weight is 286 g/mol. The van der Waals surface area contributed by atoms with Gasteiger partial charge in [0, 0.05) is 0 Å². The smallest absolute Gasteiger partial charge is 0.258 e. The van der Waals surface area contributed by atoms with Crippen LogP contribution in [0, 0.1) is 13.8 Å². The second-order valence-electron chi connectivity index (χ2n) is 4.27. The number of amides is 1. The SMILES string of the molecule is CCC(Oc1ccc(S(N)(=O)=O)c(C)c1C)C(N)=O. The molecule has 0 saturated heterocycles. The Morgan fingerprint density at radius 2 is 1.89 bits per heavy atom. The van der Waals surface area contributed by atoms with Crippen molar-refractivity contribution in [3.8, 4) is 5.75 Å². The molecule has 0 aliphatic rings. The molecule has 0 aliphatic carbocycles. The molecule has 0 bridgehead atoms. The number of nitrogens with two attached hydrogens (primary N) is 2. The number of primary sulfonamides is 1.